The third-order valence-electron chi connectivity index (χ3n) is 4.25. The van der Waals surface area contributed by atoms with Crippen LogP contribution in [0.3, 0.4) is 0 Å². The molecule has 0 radical (unpaired) electrons. The van der Waals surface area contributed by atoms with E-state index in [0.717, 1.165) is 0 Å². The lowest BCUT2D eigenvalue weighted by molar-refractivity contribution is -0.384. The molecule has 0 unspecified atom stereocenters. The Morgan fingerprint density at radius 1 is 0.963 bits per heavy atom. The van der Waals surface area contributed by atoms with Gasteiger partial charge in [0.05, 0.1) is 15.6 Å². The summed E-state index contributed by atoms with van der Waals surface area (Å²) in [6.07, 6.45) is 0. The smallest absolute Gasteiger partial charge is 0.258 e. The average molecular weight is 385 g/mol. The Bertz CT molecular complexity index is 1110. The summed E-state index contributed by atoms with van der Waals surface area (Å²) in [6, 6.07) is 16.4. The van der Waals surface area contributed by atoms with E-state index in [1.807, 2.05) is 0 Å². The molecular formula is C20H16FNO4S. The summed E-state index contributed by atoms with van der Waals surface area (Å²) in [7, 11) is -3.65. The molecular weight excluding hydrogens is 369 g/mol. The van der Waals surface area contributed by atoms with Gasteiger partial charge in [-0.05, 0) is 53.4 Å². The Hall–Kier alpha value is -3.06. The Kier molecular flexibility index (Phi) is 5.05. The molecule has 138 valence electrons. The van der Waals surface area contributed by atoms with E-state index in [-0.39, 0.29) is 22.2 Å². The van der Waals surface area contributed by atoms with Crippen molar-refractivity contribution in [1.29, 1.82) is 0 Å². The van der Waals surface area contributed by atoms with E-state index in [0.29, 0.717) is 22.3 Å². The van der Waals surface area contributed by atoms with Crippen molar-refractivity contribution in [2.24, 2.45) is 0 Å². The van der Waals surface area contributed by atoms with Crippen LogP contribution in [-0.4, -0.2) is 13.3 Å². The van der Waals surface area contributed by atoms with Crippen molar-refractivity contribution in [2.45, 2.75) is 17.6 Å². The number of halogens is 1. The van der Waals surface area contributed by atoms with Crippen LogP contribution >= 0.6 is 0 Å². The van der Waals surface area contributed by atoms with Crippen molar-refractivity contribution in [1.82, 2.24) is 0 Å². The third kappa shape index (κ3) is 4.20. The van der Waals surface area contributed by atoms with Crippen molar-refractivity contribution in [3.63, 3.8) is 0 Å². The van der Waals surface area contributed by atoms with Gasteiger partial charge >= 0.3 is 0 Å². The molecule has 0 amide bonds. The molecule has 27 heavy (non-hydrogen) atoms. The second-order valence-corrected chi connectivity index (χ2v) is 8.15. The van der Waals surface area contributed by atoms with Crippen LogP contribution in [0.5, 0.6) is 0 Å². The standard InChI is InChI=1S/C20H16FNO4S/c1-14-11-19(22(23)24)10-7-17(14)13-27(25,26)20-4-2-3-16(12-20)15-5-8-18(21)9-6-15/h2-12H,13H2,1H3. The maximum Gasteiger partial charge on any atom is 0.269 e. The largest absolute Gasteiger partial charge is 0.269 e. The number of aryl methyl sites for hydroxylation is 1. The number of sulfone groups is 1. The summed E-state index contributed by atoms with van der Waals surface area (Å²) in [4.78, 5) is 10.5. The van der Waals surface area contributed by atoms with Crippen LogP contribution in [0.4, 0.5) is 10.1 Å². The molecule has 0 fully saturated rings. The Morgan fingerprint density at radius 2 is 1.67 bits per heavy atom. The second kappa shape index (κ2) is 7.28. The van der Waals surface area contributed by atoms with Crippen molar-refractivity contribution in [3.05, 3.63) is 93.8 Å². The summed E-state index contributed by atoms with van der Waals surface area (Å²) in [5, 5.41) is 10.8. The molecule has 0 aliphatic carbocycles. The summed E-state index contributed by atoms with van der Waals surface area (Å²) in [5.41, 5.74) is 2.35. The van der Waals surface area contributed by atoms with Gasteiger partial charge in [-0.25, -0.2) is 12.8 Å². The highest BCUT2D eigenvalue weighted by Crippen LogP contribution is 2.26. The van der Waals surface area contributed by atoms with Crippen LogP contribution in [0, 0.1) is 22.9 Å². The Labute approximate surface area is 156 Å². The predicted octanol–water partition coefficient (Wildman–Crippen LogP) is 4.68. The quantitative estimate of drug-likeness (QED) is 0.472. The second-order valence-electron chi connectivity index (χ2n) is 6.16. The first-order valence-electron chi connectivity index (χ1n) is 8.09. The van der Waals surface area contributed by atoms with Gasteiger partial charge in [0.25, 0.3) is 5.69 Å². The van der Waals surface area contributed by atoms with Gasteiger partial charge in [-0.3, -0.25) is 10.1 Å². The fraction of sp³-hybridized carbons (Fsp3) is 0.100. The van der Waals surface area contributed by atoms with E-state index in [9.17, 15) is 22.9 Å². The van der Waals surface area contributed by atoms with Gasteiger partial charge in [0.1, 0.15) is 5.82 Å². The molecule has 3 rings (SSSR count). The van der Waals surface area contributed by atoms with Gasteiger partial charge in [-0.15, -0.1) is 0 Å². The lowest BCUT2D eigenvalue weighted by Crippen LogP contribution is -2.06. The first kappa shape index (κ1) is 18.7. The molecule has 0 bridgehead atoms. The van der Waals surface area contributed by atoms with Gasteiger partial charge in [0.2, 0.25) is 0 Å². The van der Waals surface area contributed by atoms with E-state index in [1.54, 1.807) is 37.3 Å². The zero-order valence-corrected chi connectivity index (χ0v) is 15.2. The van der Waals surface area contributed by atoms with Crippen LogP contribution < -0.4 is 0 Å². The van der Waals surface area contributed by atoms with Crippen LogP contribution in [0.25, 0.3) is 11.1 Å². The molecule has 0 spiro atoms. The monoisotopic (exact) mass is 385 g/mol. The minimum absolute atomic E-state index is 0.0769. The summed E-state index contributed by atoms with van der Waals surface area (Å²) in [5.74, 6) is -0.625. The SMILES string of the molecule is Cc1cc([N+](=O)[O-])ccc1CS(=O)(=O)c1cccc(-c2ccc(F)cc2)c1. The molecule has 3 aromatic rings. The fourth-order valence-electron chi connectivity index (χ4n) is 2.76. The Morgan fingerprint density at radius 3 is 2.30 bits per heavy atom. The van der Waals surface area contributed by atoms with E-state index in [2.05, 4.69) is 0 Å². The highest BCUT2D eigenvalue weighted by molar-refractivity contribution is 7.90. The number of nitro groups is 1. The summed E-state index contributed by atoms with van der Waals surface area (Å²) in [6.45, 7) is 1.65. The maximum absolute atomic E-state index is 13.1. The minimum Gasteiger partial charge on any atom is -0.258 e. The zero-order valence-electron chi connectivity index (χ0n) is 14.4. The number of hydrogen-bond donors (Lipinski definition) is 0. The molecule has 0 saturated carbocycles. The van der Waals surface area contributed by atoms with Gasteiger partial charge < -0.3 is 0 Å². The molecule has 0 aliphatic rings. The minimum atomic E-state index is -3.65. The number of nitrogens with zero attached hydrogens (tertiary/aromatic N) is 1. The summed E-state index contributed by atoms with van der Waals surface area (Å²) < 4.78 is 38.7. The molecule has 7 heteroatoms. The number of benzene rings is 3. The normalized spacial score (nSPS) is 11.3. The van der Waals surface area contributed by atoms with Gasteiger partial charge in [-0.1, -0.05) is 30.3 Å². The van der Waals surface area contributed by atoms with Gasteiger partial charge in [-0.2, -0.15) is 0 Å². The highest BCUT2D eigenvalue weighted by Gasteiger charge is 2.18. The third-order valence-corrected chi connectivity index (χ3v) is 5.92. The van der Waals surface area contributed by atoms with E-state index in [4.69, 9.17) is 0 Å². The molecule has 0 atom stereocenters. The maximum atomic E-state index is 13.1. The highest BCUT2D eigenvalue weighted by atomic mass is 32.2. The lowest BCUT2D eigenvalue weighted by Gasteiger charge is -2.09. The zero-order chi connectivity index (χ0) is 19.6. The van der Waals surface area contributed by atoms with Crippen LogP contribution in [0.1, 0.15) is 11.1 Å². The predicted molar refractivity (Wildman–Crippen MR) is 101 cm³/mol. The molecule has 3 aromatic carbocycles. The molecule has 0 N–H and O–H groups in total. The van der Waals surface area contributed by atoms with E-state index >= 15 is 0 Å². The first-order chi connectivity index (χ1) is 12.8. The van der Waals surface area contributed by atoms with E-state index < -0.39 is 14.8 Å². The van der Waals surface area contributed by atoms with Gasteiger partial charge in [0.15, 0.2) is 9.84 Å². The fourth-order valence-corrected chi connectivity index (χ4v) is 4.25. The van der Waals surface area contributed by atoms with E-state index in [1.165, 1.54) is 36.4 Å². The molecule has 0 heterocycles. The van der Waals surface area contributed by atoms with Gasteiger partial charge in [0, 0.05) is 12.1 Å². The molecule has 0 saturated heterocycles. The van der Waals surface area contributed by atoms with Crippen molar-refractivity contribution in [3.8, 4) is 11.1 Å². The van der Waals surface area contributed by atoms with Crippen LogP contribution in [0.15, 0.2) is 71.6 Å². The summed E-state index contributed by atoms with van der Waals surface area (Å²) >= 11 is 0. The van der Waals surface area contributed by atoms with Crippen molar-refractivity contribution in [2.75, 3.05) is 0 Å². The number of hydrogen-bond acceptors (Lipinski definition) is 4. The Balaban J connectivity index is 1.92. The number of rotatable bonds is 5. The molecule has 0 aromatic heterocycles. The first-order valence-corrected chi connectivity index (χ1v) is 9.74. The van der Waals surface area contributed by atoms with Crippen molar-refractivity contribution >= 4 is 15.5 Å². The molecule has 5 nitrogen and oxygen atoms in total. The van der Waals surface area contributed by atoms with Crippen LogP contribution in [-0.2, 0) is 15.6 Å². The average Bonchev–Trinajstić information content (AvgIpc) is 2.64. The molecule has 0 aliphatic heterocycles. The lowest BCUT2D eigenvalue weighted by atomic mass is 10.1. The topological polar surface area (TPSA) is 77.3 Å². The number of nitro benzene ring substituents is 1. The van der Waals surface area contributed by atoms with Crippen LogP contribution in [0.2, 0.25) is 0 Å². The van der Waals surface area contributed by atoms with Crippen molar-refractivity contribution < 1.29 is 17.7 Å². The number of non-ortho nitro benzene ring substituents is 1.